The van der Waals surface area contributed by atoms with Gasteiger partial charge in [-0.2, -0.15) is 0 Å². The second-order valence-corrected chi connectivity index (χ2v) is 17.0. The zero-order valence-corrected chi connectivity index (χ0v) is 42.4. The van der Waals surface area contributed by atoms with Gasteiger partial charge in [0, 0.05) is 12.8 Å². The lowest BCUT2D eigenvalue weighted by molar-refractivity contribution is -0.166. The number of carbonyl (C=O) groups excluding carboxylic acids is 3. The lowest BCUT2D eigenvalue weighted by atomic mass is 10.1. The Morgan fingerprint density at radius 3 is 1.00 bits per heavy atom. The Balaban J connectivity index is 4.55. The molecule has 0 aliphatic heterocycles. The minimum atomic E-state index is -0.846. The zero-order valence-electron chi connectivity index (χ0n) is 42.4. The van der Waals surface area contributed by atoms with E-state index in [9.17, 15) is 14.4 Å². The third-order valence-corrected chi connectivity index (χ3v) is 10.7. The Labute approximate surface area is 405 Å². The van der Waals surface area contributed by atoms with Crippen LogP contribution in [0.3, 0.4) is 0 Å². The van der Waals surface area contributed by atoms with Gasteiger partial charge in [0.25, 0.3) is 0 Å². The average molecular weight is 913 g/mol. The predicted octanol–water partition coefficient (Wildman–Crippen LogP) is 17.7. The molecule has 0 aliphatic carbocycles. The van der Waals surface area contributed by atoms with Crippen LogP contribution in [0, 0.1) is 0 Å². The molecule has 0 saturated carbocycles. The molecule has 0 saturated heterocycles. The number of ether oxygens (including phenoxy) is 3. The Morgan fingerprint density at radius 1 is 0.333 bits per heavy atom. The van der Waals surface area contributed by atoms with Crippen LogP contribution in [0.25, 0.3) is 0 Å². The van der Waals surface area contributed by atoms with E-state index in [0.29, 0.717) is 19.3 Å². The van der Waals surface area contributed by atoms with Crippen LogP contribution in [-0.2, 0) is 28.6 Å². The van der Waals surface area contributed by atoms with Gasteiger partial charge in [-0.05, 0) is 109 Å². The molecule has 0 rings (SSSR count). The van der Waals surface area contributed by atoms with Crippen molar-refractivity contribution in [3.63, 3.8) is 0 Å². The van der Waals surface area contributed by atoms with Crippen LogP contribution in [0.5, 0.6) is 0 Å². The highest BCUT2D eigenvalue weighted by atomic mass is 16.6. The lowest BCUT2D eigenvalue weighted by Gasteiger charge is -2.18. The summed E-state index contributed by atoms with van der Waals surface area (Å²) in [6, 6.07) is 0. The first-order valence-electron chi connectivity index (χ1n) is 26.5. The van der Waals surface area contributed by atoms with Crippen LogP contribution in [0.4, 0.5) is 0 Å². The van der Waals surface area contributed by atoms with Gasteiger partial charge in [0.15, 0.2) is 6.10 Å². The van der Waals surface area contributed by atoms with Crippen molar-refractivity contribution in [2.75, 3.05) is 13.2 Å². The molecule has 0 aliphatic rings. The number of rotatable bonds is 46. The highest BCUT2D eigenvalue weighted by Crippen LogP contribution is 2.13. The van der Waals surface area contributed by atoms with Gasteiger partial charge < -0.3 is 14.2 Å². The van der Waals surface area contributed by atoms with Gasteiger partial charge >= 0.3 is 17.9 Å². The Kier molecular flexibility index (Phi) is 50.0. The quantitative estimate of drug-likeness (QED) is 0.0262. The fourth-order valence-electron chi connectivity index (χ4n) is 6.80. The van der Waals surface area contributed by atoms with E-state index in [2.05, 4.69) is 130 Å². The summed E-state index contributed by atoms with van der Waals surface area (Å²) in [4.78, 5) is 38.0. The molecule has 6 nitrogen and oxygen atoms in total. The van der Waals surface area contributed by atoms with Gasteiger partial charge in [-0.25, -0.2) is 0 Å². The molecule has 0 bridgehead atoms. The van der Waals surface area contributed by atoms with E-state index in [1.165, 1.54) is 57.8 Å². The fraction of sp³-hybridized carbons (Fsp3) is 0.617. The number of hydrogen-bond acceptors (Lipinski definition) is 6. The lowest BCUT2D eigenvalue weighted by Crippen LogP contribution is -2.30. The van der Waals surface area contributed by atoms with Crippen LogP contribution >= 0.6 is 0 Å². The number of esters is 3. The smallest absolute Gasteiger partial charge is 0.310 e. The molecule has 0 amide bonds. The van der Waals surface area contributed by atoms with Gasteiger partial charge in [0.1, 0.15) is 13.2 Å². The average Bonchev–Trinajstić information content (AvgIpc) is 3.31. The third-order valence-electron chi connectivity index (χ3n) is 10.7. The predicted molar refractivity (Wildman–Crippen MR) is 283 cm³/mol. The van der Waals surface area contributed by atoms with Crippen molar-refractivity contribution in [1.29, 1.82) is 0 Å². The van der Waals surface area contributed by atoms with Crippen LogP contribution in [0.2, 0.25) is 0 Å². The molecule has 0 radical (unpaired) electrons. The fourth-order valence-corrected chi connectivity index (χ4v) is 6.80. The summed E-state index contributed by atoms with van der Waals surface area (Å²) >= 11 is 0. The van der Waals surface area contributed by atoms with E-state index in [1.54, 1.807) is 6.08 Å². The summed E-state index contributed by atoms with van der Waals surface area (Å²) in [5, 5.41) is 0. The molecular formula is C60H96O6. The second-order valence-electron chi connectivity index (χ2n) is 17.0. The first-order chi connectivity index (χ1) is 32.5. The van der Waals surface area contributed by atoms with E-state index in [0.717, 1.165) is 116 Å². The van der Waals surface area contributed by atoms with Gasteiger partial charge in [0.05, 0.1) is 6.42 Å². The molecule has 0 aromatic rings. The Bertz CT molecular complexity index is 1420. The zero-order chi connectivity index (χ0) is 47.9. The molecule has 1 atom stereocenters. The van der Waals surface area contributed by atoms with Crippen LogP contribution < -0.4 is 0 Å². The summed E-state index contributed by atoms with van der Waals surface area (Å²) in [7, 11) is 0. The van der Waals surface area contributed by atoms with Crippen LogP contribution in [-0.4, -0.2) is 37.2 Å². The number of unbranched alkanes of at least 4 members (excludes halogenated alkanes) is 16. The molecule has 0 N–H and O–H groups in total. The normalized spacial score (nSPS) is 13.1. The van der Waals surface area contributed by atoms with Crippen molar-refractivity contribution in [1.82, 2.24) is 0 Å². The van der Waals surface area contributed by atoms with Crippen LogP contribution in [0.1, 0.15) is 220 Å². The first-order valence-corrected chi connectivity index (χ1v) is 26.5. The third kappa shape index (κ3) is 50.8. The maximum atomic E-state index is 12.8. The number of allylic oxidation sites excluding steroid dienone is 19. The monoisotopic (exact) mass is 913 g/mol. The molecule has 0 heterocycles. The van der Waals surface area contributed by atoms with Gasteiger partial charge in [0.2, 0.25) is 0 Å². The van der Waals surface area contributed by atoms with Crippen molar-refractivity contribution in [3.05, 3.63) is 122 Å². The van der Waals surface area contributed by atoms with Crippen molar-refractivity contribution in [3.8, 4) is 0 Å². The summed E-state index contributed by atoms with van der Waals surface area (Å²) in [5.74, 6) is -1.09. The van der Waals surface area contributed by atoms with Crippen LogP contribution in [0.15, 0.2) is 122 Å². The van der Waals surface area contributed by atoms with E-state index in [1.807, 2.05) is 6.08 Å². The topological polar surface area (TPSA) is 78.9 Å². The standard InChI is InChI=1S/C60H96O6/c1-4-7-10-13-16-19-22-25-28-29-30-33-35-38-41-44-47-50-53-59(62)65-56-57(66-60(63)54-51-48-45-42-39-36-32-27-24-21-18-15-12-9-6-3)55-64-58(61)52-49-46-43-40-37-34-31-26-23-20-17-14-11-8-5-2/h8-9,11-12,17-22,26-29,31-32,39,42,48,51,57H,4-7,10,13-16,23-25,30,33-38,40-41,43-47,49-50,52-56H2,1-3H3/b11-8-,12-9-,20-17-,21-18-,22-19-,29-28-,31-26-,32-27-,42-39-,51-48-. The largest absolute Gasteiger partial charge is 0.462 e. The van der Waals surface area contributed by atoms with Gasteiger partial charge in [-0.1, -0.05) is 213 Å². The summed E-state index contributed by atoms with van der Waals surface area (Å²) in [6.07, 6.45) is 73.5. The minimum absolute atomic E-state index is 0.0866. The molecule has 0 aromatic heterocycles. The molecule has 372 valence electrons. The second kappa shape index (κ2) is 53.4. The maximum Gasteiger partial charge on any atom is 0.310 e. The van der Waals surface area contributed by atoms with E-state index < -0.39 is 12.1 Å². The summed E-state index contributed by atoms with van der Waals surface area (Å²) < 4.78 is 16.7. The molecule has 66 heavy (non-hydrogen) atoms. The summed E-state index contributed by atoms with van der Waals surface area (Å²) in [5.41, 5.74) is 0. The highest BCUT2D eigenvalue weighted by molar-refractivity contribution is 5.72. The van der Waals surface area contributed by atoms with Gasteiger partial charge in [-0.15, -0.1) is 0 Å². The minimum Gasteiger partial charge on any atom is -0.462 e. The molecule has 0 aromatic carbocycles. The molecule has 6 heteroatoms. The Morgan fingerprint density at radius 2 is 0.636 bits per heavy atom. The van der Waals surface area contributed by atoms with Crippen molar-refractivity contribution < 1.29 is 28.6 Å². The van der Waals surface area contributed by atoms with Crippen molar-refractivity contribution in [2.24, 2.45) is 0 Å². The number of carbonyl (C=O) groups is 3. The summed E-state index contributed by atoms with van der Waals surface area (Å²) in [6.45, 7) is 6.28. The van der Waals surface area contributed by atoms with E-state index in [4.69, 9.17) is 14.2 Å². The molecule has 1 unspecified atom stereocenters. The first kappa shape index (κ1) is 61.8. The Hall–Kier alpha value is -4.19. The number of hydrogen-bond donors (Lipinski definition) is 0. The van der Waals surface area contributed by atoms with Crippen molar-refractivity contribution in [2.45, 2.75) is 226 Å². The van der Waals surface area contributed by atoms with Crippen molar-refractivity contribution >= 4 is 17.9 Å². The molecule has 0 spiro atoms. The molecule has 0 fully saturated rings. The SMILES string of the molecule is CC/C=C\C/C=C\C/C=C\C/C=C\C/C=C\CC(=O)OC(COC(=O)CCCCCCC/C=C\C/C=C\C/C=C\CC)COC(=O)CCCCCCCCC/C=C\C/C=C\CCCCCC. The van der Waals surface area contributed by atoms with E-state index >= 15 is 0 Å². The molecular weight excluding hydrogens is 817 g/mol. The van der Waals surface area contributed by atoms with Gasteiger partial charge in [-0.3, -0.25) is 14.4 Å². The van der Waals surface area contributed by atoms with E-state index in [-0.39, 0.29) is 31.6 Å². The highest BCUT2D eigenvalue weighted by Gasteiger charge is 2.19. The maximum absolute atomic E-state index is 12.8.